The summed E-state index contributed by atoms with van der Waals surface area (Å²) in [6, 6.07) is 3.34. The quantitative estimate of drug-likeness (QED) is 0.436. The van der Waals surface area contributed by atoms with Crippen molar-refractivity contribution < 1.29 is 9.59 Å². The highest BCUT2D eigenvalue weighted by Crippen LogP contribution is 2.34. The van der Waals surface area contributed by atoms with Gasteiger partial charge in [0, 0.05) is 0 Å². The lowest BCUT2D eigenvalue weighted by Gasteiger charge is -2.09. The highest BCUT2D eigenvalue weighted by atomic mass is 16.1. The molecule has 0 N–H and O–H groups in total. The van der Waals surface area contributed by atoms with E-state index < -0.39 is 0 Å². The molecule has 4 heteroatoms. The maximum atomic E-state index is 10.5. The lowest BCUT2D eigenvalue weighted by Crippen LogP contribution is -1.91. The zero-order valence-corrected chi connectivity index (χ0v) is 10.1. The maximum absolute atomic E-state index is 10.5. The second-order valence-corrected chi connectivity index (χ2v) is 3.79. The highest BCUT2D eigenvalue weighted by Gasteiger charge is 2.10. The van der Waals surface area contributed by atoms with Gasteiger partial charge in [-0.1, -0.05) is 25.8 Å². The standard InChI is InChI=1S/C14H14N2O2/c1-3-4-5-6-12-11(2)7-8-13(15-9-17)14(12)16-10-18/h7-8H,1-6H2. The van der Waals surface area contributed by atoms with Gasteiger partial charge in [0.05, 0.1) is 0 Å². The summed E-state index contributed by atoms with van der Waals surface area (Å²) in [5.74, 6) is 0. The number of aliphatic imine (C=N–C) groups is 2. The van der Waals surface area contributed by atoms with E-state index in [0.717, 1.165) is 36.8 Å². The summed E-state index contributed by atoms with van der Waals surface area (Å²) >= 11 is 0. The first-order valence-electron chi connectivity index (χ1n) is 5.67. The van der Waals surface area contributed by atoms with E-state index in [0.29, 0.717) is 11.4 Å². The molecule has 0 saturated heterocycles. The fourth-order valence-corrected chi connectivity index (χ4v) is 1.73. The van der Waals surface area contributed by atoms with Crippen LogP contribution in [0.1, 0.15) is 30.4 Å². The number of isocyanates is 2. The summed E-state index contributed by atoms with van der Waals surface area (Å²) in [5.41, 5.74) is 2.29. The van der Waals surface area contributed by atoms with E-state index in [-0.39, 0.29) is 0 Å². The van der Waals surface area contributed by atoms with Crippen molar-refractivity contribution in [3.8, 4) is 0 Å². The zero-order valence-electron chi connectivity index (χ0n) is 10.1. The normalized spacial score (nSPS) is 9.44. The summed E-state index contributed by atoms with van der Waals surface area (Å²) in [7, 11) is 0. The van der Waals surface area contributed by atoms with Gasteiger partial charge >= 0.3 is 0 Å². The molecule has 4 nitrogen and oxygen atoms in total. The third-order valence-corrected chi connectivity index (χ3v) is 2.61. The van der Waals surface area contributed by atoms with Crippen molar-refractivity contribution in [3.05, 3.63) is 37.1 Å². The number of hydrogen-bond acceptors (Lipinski definition) is 4. The van der Waals surface area contributed by atoms with Crippen molar-refractivity contribution in [3.63, 3.8) is 0 Å². The average molecular weight is 242 g/mol. The molecule has 18 heavy (non-hydrogen) atoms. The molecular weight excluding hydrogens is 228 g/mol. The third-order valence-electron chi connectivity index (χ3n) is 2.61. The number of unbranched alkanes of at least 4 members (excludes halogenated alkanes) is 2. The Labute approximate surface area is 106 Å². The summed E-state index contributed by atoms with van der Waals surface area (Å²) in [5, 5.41) is 0. The van der Waals surface area contributed by atoms with E-state index in [1.807, 2.05) is 0 Å². The molecule has 2 radical (unpaired) electrons. The number of nitrogens with zero attached hydrogens (tertiary/aromatic N) is 2. The van der Waals surface area contributed by atoms with Gasteiger partial charge in [-0.05, 0) is 37.0 Å². The van der Waals surface area contributed by atoms with Crippen LogP contribution in [0.3, 0.4) is 0 Å². The van der Waals surface area contributed by atoms with Crippen molar-refractivity contribution >= 4 is 23.5 Å². The molecule has 0 aliphatic rings. The van der Waals surface area contributed by atoms with Gasteiger partial charge in [-0.3, -0.25) is 0 Å². The van der Waals surface area contributed by atoms with Crippen molar-refractivity contribution in [1.29, 1.82) is 0 Å². The molecule has 1 aromatic rings. The minimum atomic E-state index is 0.324. The second-order valence-electron chi connectivity index (χ2n) is 3.79. The van der Waals surface area contributed by atoms with Crippen LogP contribution in [0.2, 0.25) is 0 Å². The molecule has 0 saturated carbocycles. The number of benzene rings is 1. The van der Waals surface area contributed by atoms with Crippen LogP contribution in [-0.4, -0.2) is 12.2 Å². The Morgan fingerprint density at radius 2 is 1.83 bits per heavy atom. The molecule has 0 heterocycles. The molecule has 1 aromatic carbocycles. The molecule has 0 amide bonds. The van der Waals surface area contributed by atoms with Crippen LogP contribution in [-0.2, 0) is 16.0 Å². The first-order valence-corrected chi connectivity index (χ1v) is 5.67. The Kier molecular flexibility index (Phi) is 5.72. The predicted molar refractivity (Wildman–Crippen MR) is 69.4 cm³/mol. The van der Waals surface area contributed by atoms with Crippen LogP contribution in [0.15, 0.2) is 22.1 Å². The Morgan fingerprint density at radius 3 is 2.44 bits per heavy atom. The predicted octanol–water partition coefficient (Wildman–Crippen LogP) is 3.35. The first kappa shape index (κ1) is 14.0. The average Bonchev–Trinajstić information content (AvgIpc) is 2.36. The molecule has 0 fully saturated rings. The SMILES string of the molecule is [CH2]CCCCc1c([CH2])ccc(N=C=O)c1N=C=O. The minimum Gasteiger partial charge on any atom is -0.211 e. The van der Waals surface area contributed by atoms with Crippen molar-refractivity contribution in [1.82, 2.24) is 0 Å². The maximum Gasteiger partial charge on any atom is 0.240 e. The molecule has 0 spiro atoms. The van der Waals surface area contributed by atoms with Crippen LogP contribution < -0.4 is 0 Å². The molecular formula is C14H14N2O2. The van der Waals surface area contributed by atoms with E-state index in [2.05, 4.69) is 23.8 Å². The Balaban J connectivity index is 3.22. The lowest BCUT2D eigenvalue weighted by molar-refractivity contribution is 0.564. The van der Waals surface area contributed by atoms with E-state index in [4.69, 9.17) is 0 Å². The Hall–Kier alpha value is -2.02. The minimum absolute atomic E-state index is 0.324. The van der Waals surface area contributed by atoms with Gasteiger partial charge in [-0.25, -0.2) is 9.59 Å². The summed E-state index contributed by atoms with van der Waals surface area (Å²) in [6.07, 6.45) is 6.40. The topological polar surface area (TPSA) is 58.9 Å². The highest BCUT2D eigenvalue weighted by molar-refractivity contribution is 5.73. The van der Waals surface area contributed by atoms with Crippen LogP contribution in [0.4, 0.5) is 11.4 Å². The van der Waals surface area contributed by atoms with Gasteiger partial charge in [0.1, 0.15) is 11.4 Å². The van der Waals surface area contributed by atoms with E-state index in [1.165, 1.54) is 12.2 Å². The molecule has 0 aliphatic heterocycles. The van der Waals surface area contributed by atoms with Crippen LogP contribution >= 0.6 is 0 Å². The third kappa shape index (κ3) is 3.49. The van der Waals surface area contributed by atoms with Gasteiger partial charge in [0.2, 0.25) is 12.2 Å². The van der Waals surface area contributed by atoms with Gasteiger partial charge in [-0.2, -0.15) is 9.98 Å². The molecule has 0 bridgehead atoms. The molecule has 0 aliphatic carbocycles. The van der Waals surface area contributed by atoms with Crippen molar-refractivity contribution in [2.45, 2.75) is 25.7 Å². The van der Waals surface area contributed by atoms with E-state index >= 15 is 0 Å². The summed E-state index contributed by atoms with van der Waals surface area (Å²) in [4.78, 5) is 28.0. The Morgan fingerprint density at radius 1 is 1.11 bits per heavy atom. The van der Waals surface area contributed by atoms with Crippen LogP contribution in [0.5, 0.6) is 0 Å². The second kappa shape index (κ2) is 7.33. The van der Waals surface area contributed by atoms with Crippen LogP contribution in [0, 0.1) is 13.8 Å². The smallest absolute Gasteiger partial charge is 0.211 e. The lowest BCUT2D eigenvalue weighted by atomic mass is 9.99. The Bertz CT molecular complexity index is 511. The van der Waals surface area contributed by atoms with Crippen molar-refractivity contribution in [2.24, 2.45) is 9.98 Å². The molecule has 92 valence electrons. The molecule has 0 unspecified atom stereocenters. The number of carbonyl (C=O) groups excluding carboxylic acids is 2. The first-order chi connectivity index (χ1) is 8.74. The van der Waals surface area contributed by atoms with Gasteiger partial charge in [0.25, 0.3) is 0 Å². The van der Waals surface area contributed by atoms with Crippen LogP contribution in [0.25, 0.3) is 0 Å². The largest absolute Gasteiger partial charge is 0.240 e. The summed E-state index contributed by atoms with van der Waals surface area (Å²) in [6.45, 7) is 7.67. The fourth-order valence-electron chi connectivity index (χ4n) is 1.73. The van der Waals surface area contributed by atoms with Crippen molar-refractivity contribution in [2.75, 3.05) is 0 Å². The number of hydrogen-bond donors (Lipinski definition) is 0. The fraction of sp³-hybridized carbons (Fsp3) is 0.286. The molecule has 0 aromatic heterocycles. The number of rotatable bonds is 6. The van der Waals surface area contributed by atoms with Gasteiger partial charge < -0.3 is 0 Å². The summed E-state index contributed by atoms with van der Waals surface area (Å²) < 4.78 is 0. The van der Waals surface area contributed by atoms with Gasteiger partial charge in [-0.15, -0.1) is 0 Å². The monoisotopic (exact) mass is 242 g/mol. The van der Waals surface area contributed by atoms with E-state index in [1.54, 1.807) is 12.1 Å². The van der Waals surface area contributed by atoms with E-state index in [9.17, 15) is 9.59 Å². The van der Waals surface area contributed by atoms with Gasteiger partial charge in [0.15, 0.2) is 0 Å². The zero-order chi connectivity index (χ0) is 13.4. The molecule has 0 atom stereocenters. The molecule has 1 rings (SSSR count).